The first-order valence-electron chi connectivity index (χ1n) is 10.7. The average molecular weight is 423 g/mol. The van der Waals surface area contributed by atoms with Crippen molar-refractivity contribution in [2.45, 2.75) is 13.8 Å². The Kier molecular flexibility index (Phi) is 6.66. The van der Waals surface area contributed by atoms with Crippen LogP contribution in [0.3, 0.4) is 0 Å². The van der Waals surface area contributed by atoms with Crippen LogP contribution >= 0.6 is 0 Å². The lowest BCUT2D eigenvalue weighted by Crippen LogP contribution is -2.07. The van der Waals surface area contributed by atoms with Gasteiger partial charge in [-0.25, -0.2) is 4.79 Å². The Bertz CT molecular complexity index is 1210. The number of fused-ring (bicyclic) bond motifs is 2. The molecule has 0 unspecified atom stereocenters. The highest BCUT2D eigenvalue weighted by atomic mass is 16.7. The van der Waals surface area contributed by atoms with Crippen LogP contribution in [-0.4, -0.2) is 19.4 Å². The summed E-state index contributed by atoms with van der Waals surface area (Å²) in [6, 6.07) is 29.1. The molecule has 3 nitrogen and oxygen atoms in total. The second kappa shape index (κ2) is 9.97. The van der Waals surface area contributed by atoms with Crippen molar-refractivity contribution in [3.63, 3.8) is 0 Å². The summed E-state index contributed by atoms with van der Waals surface area (Å²) in [4.78, 5) is 11.9. The second-order valence-corrected chi connectivity index (χ2v) is 7.77. The Morgan fingerprint density at radius 1 is 0.625 bits per heavy atom. The third-order valence-corrected chi connectivity index (χ3v) is 5.59. The lowest BCUT2D eigenvalue weighted by molar-refractivity contribution is 0.0719. The fourth-order valence-corrected chi connectivity index (χ4v) is 3.62. The Labute approximate surface area is 188 Å². The molecule has 32 heavy (non-hydrogen) atoms. The number of hydrogen-bond acceptors (Lipinski definition) is 3. The molecule has 0 fully saturated rings. The van der Waals surface area contributed by atoms with E-state index < -0.39 is 6.16 Å². The molecule has 0 aliphatic heterocycles. The molecule has 4 aromatic rings. The Balaban J connectivity index is 1.28. The van der Waals surface area contributed by atoms with Crippen LogP contribution in [0, 0.1) is 0 Å². The molecule has 0 radical (unpaired) electrons. The van der Waals surface area contributed by atoms with E-state index >= 15 is 0 Å². The number of allylic oxidation sites excluding steroid dienone is 2. The van der Waals surface area contributed by atoms with Crippen molar-refractivity contribution in [3.8, 4) is 0 Å². The van der Waals surface area contributed by atoms with Crippen LogP contribution in [0.5, 0.6) is 0 Å². The Hall–Kier alpha value is -3.85. The molecule has 0 bridgehead atoms. The molecule has 0 aliphatic rings. The number of carbonyl (C=O) groups excluding carboxylic acids is 1. The van der Waals surface area contributed by atoms with Crippen molar-refractivity contribution in [3.05, 3.63) is 108 Å². The monoisotopic (exact) mass is 422 g/mol. The standard InChI is InChI=1S/C29H26O3/c1-21(25-13-11-23-7-3-5-9-27(23)19-25)15-17-31-29(30)32-18-16-22(2)26-14-12-24-8-4-6-10-28(24)20-26/h3-16,19-20H,17-18H2,1-2H3. The molecule has 4 aromatic carbocycles. The van der Waals surface area contributed by atoms with E-state index in [1.54, 1.807) is 0 Å². The van der Waals surface area contributed by atoms with Crippen molar-refractivity contribution >= 4 is 38.8 Å². The Morgan fingerprint density at radius 2 is 1.03 bits per heavy atom. The van der Waals surface area contributed by atoms with Crippen LogP contribution in [0.1, 0.15) is 25.0 Å². The zero-order valence-corrected chi connectivity index (χ0v) is 18.4. The first-order chi connectivity index (χ1) is 15.6. The highest BCUT2D eigenvalue weighted by Gasteiger charge is 2.04. The van der Waals surface area contributed by atoms with Crippen molar-refractivity contribution in [1.29, 1.82) is 0 Å². The van der Waals surface area contributed by atoms with Crippen LogP contribution in [0.15, 0.2) is 97.1 Å². The first kappa shape index (κ1) is 21.4. The van der Waals surface area contributed by atoms with Crippen LogP contribution in [0.25, 0.3) is 32.7 Å². The number of benzene rings is 4. The molecular formula is C29H26O3. The number of hydrogen-bond donors (Lipinski definition) is 0. The summed E-state index contributed by atoms with van der Waals surface area (Å²) in [5.41, 5.74) is 4.32. The maximum absolute atomic E-state index is 11.9. The zero-order chi connectivity index (χ0) is 22.3. The van der Waals surface area contributed by atoms with Gasteiger partial charge in [-0.1, -0.05) is 72.8 Å². The minimum Gasteiger partial charge on any atom is -0.430 e. The number of carbonyl (C=O) groups is 1. The van der Waals surface area contributed by atoms with E-state index in [2.05, 4.69) is 60.7 Å². The number of rotatable bonds is 6. The summed E-state index contributed by atoms with van der Waals surface area (Å²) in [6.45, 7) is 4.36. The van der Waals surface area contributed by atoms with Gasteiger partial charge in [-0.15, -0.1) is 0 Å². The van der Waals surface area contributed by atoms with Gasteiger partial charge in [0, 0.05) is 0 Å². The van der Waals surface area contributed by atoms with Gasteiger partial charge in [0.1, 0.15) is 13.2 Å². The molecule has 0 saturated carbocycles. The maximum Gasteiger partial charge on any atom is 0.508 e. The molecule has 0 amide bonds. The van der Waals surface area contributed by atoms with E-state index in [0.717, 1.165) is 22.3 Å². The van der Waals surface area contributed by atoms with Gasteiger partial charge >= 0.3 is 6.16 Å². The van der Waals surface area contributed by atoms with E-state index in [1.807, 2.05) is 50.3 Å². The van der Waals surface area contributed by atoms with Gasteiger partial charge in [0.2, 0.25) is 0 Å². The van der Waals surface area contributed by atoms with E-state index in [1.165, 1.54) is 21.5 Å². The van der Waals surface area contributed by atoms with E-state index in [-0.39, 0.29) is 13.2 Å². The lowest BCUT2D eigenvalue weighted by atomic mass is 10.0. The average Bonchev–Trinajstić information content (AvgIpc) is 2.83. The van der Waals surface area contributed by atoms with E-state index in [4.69, 9.17) is 9.47 Å². The molecule has 3 heteroatoms. The highest BCUT2D eigenvalue weighted by molar-refractivity contribution is 5.87. The fourth-order valence-electron chi connectivity index (χ4n) is 3.62. The van der Waals surface area contributed by atoms with E-state index in [9.17, 15) is 4.79 Å². The summed E-state index contributed by atoms with van der Waals surface area (Å²) in [7, 11) is 0. The fraction of sp³-hybridized carbons (Fsp3) is 0.138. The molecule has 0 spiro atoms. The van der Waals surface area contributed by atoms with Gasteiger partial charge in [0.25, 0.3) is 0 Å². The molecule has 0 saturated heterocycles. The largest absolute Gasteiger partial charge is 0.508 e. The predicted octanol–water partition coefficient (Wildman–Crippen LogP) is 7.65. The van der Waals surface area contributed by atoms with Crippen molar-refractivity contribution in [2.24, 2.45) is 0 Å². The topological polar surface area (TPSA) is 35.5 Å². The summed E-state index contributed by atoms with van der Waals surface area (Å²) in [6.07, 6.45) is 3.11. The van der Waals surface area contributed by atoms with Crippen molar-refractivity contribution in [2.75, 3.05) is 13.2 Å². The third-order valence-electron chi connectivity index (χ3n) is 5.59. The maximum atomic E-state index is 11.9. The van der Waals surface area contributed by atoms with Crippen LogP contribution in [0.2, 0.25) is 0 Å². The van der Waals surface area contributed by atoms with Gasteiger partial charge < -0.3 is 9.47 Å². The molecule has 0 aliphatic carbocycles. The Morgan fingerprint density at radius 3 is 1.47 bits per heavy atom. The van der Waals surface area contributed by atoms with Crippen LogP contribution < -0.4 is 0 Å². The second-order valence-electron chi connectivity index (χ2n) is 7.77. The SMILES string of the molecule is CC(=CCOC(=O)OCC=C(C)c1ccc2ccccc2c1)c1ccc2ccccc2c1. The summed E-state index contributed by atoms with van der Waals surface area (Å²) in [5.74, 6) is 0. The summed E-state index contributed by atoms with van der Waals surface area (Å²) < 4.78 is 10.4. The molecule has 4 rings (SSSR count). The van der Waals surface area contributed by atoms with Crippen molar-refractivity contribution < 1.29 is 14.3 Å². The molecule has 0 N–H and O–H groups in total. The molecule has 0 aromatic heterocycles. The normalized spacial score (nSPS) is 12.2. The third kappa shape index (κ3) is 5.25. The minimum atomic E-state index is -0.671. The van der Waals surface area contributed by atoms with Gasteiger partial charge in [-0.05, 0) is 82.0 Å². The quantitative estimate of drug-likeness (QED) is 0.299. The molecule has 0 atom stereocenters. The zero-order valence-electron chi connectivity index (χ0n) is 18.4. The van der Waals surface area contributed by atoms with Crippen molar-refractivity contribution in [1.82, 2.24) is 0 Å². The molecule has 160 valence electrons. The van der Waals surface area contributed by atoms with Gasteiger partial charge in [-0.3, -0.25) is 0 Å². The first-order valence-corrected chi connectivity index (χ1v) is 10.7. The molecular weight excluding hydrogens is 396 g/mol. The smallest absolute Gasteiger partial charge is 0.430 e. The minimum absolute atomic E-state index is 0.171. The van der Waals surface area contributed by atoms with E-state index in [0.29, 0.717) is 0 Å². The van der Waals surface area contributed by atoms with Gasteiger partial charge in [0.15, 0.2) is 0 Å². The lowest BCUT2D eigenvalue weighted by Gasteiger charge is -2.07. The van der Waals surface area contributed by atoms with Crippen LogP contribution in [-0.2, 0) is 9.47 Å². The summed E-state index contributed by atoms with van der Waals surface area (Å²) in [5, 5.41) is 4.78. The molecule has 0 heterocycles. The van der Waals surface area contributed by atoms with Gasteiger partial charge in [-0.2, -0.15) is 0 Å². The number of ether oxygens (including phenoxy) is 2. The summed E-state index contributed by atoms with van der Waals surface area (Å²) >= 11 is 0. The van der Waals surface area contributed by atoms with Gasteiger partial charge in [0.05, 0.1) is 0 Å². The highest BCUT2D eigenvalue weighted by Crippen LogP contribution is 2.22. The predicted molar refractivity (Wildman–Crippen MR) is 132 cm³/mol. The van der Waals surface area contributed by atoms with Crippen LogP contribution in [0.4, 0.5) is 4.79 Å².